The summed E-state index contributed by atoms with van der Waals surface area (Å²) in [7, 11) is 0. The maximum absolute atomic E-state index is 12.7. The minimum Gasteiger partial charge on any atom is -0.372 e. The molecular formula is C25H30N6O. The zero-order valence-corrected chi connectivity index (χ0v) is 18.7. The molecule has 0 unspecified atom stereocenters. The van der Waals surface area contributed by atoms with Crippen molar-refractivity contribution in [3.63, 3.8) is 0 Å². The van der Waals surface area contributed by atoms with Gasteiger partial charge in [-0.25, -0.2) is 10.4 Å². The summed E-state index contributed by atoms with van der Waals surface area (Å²) < 4.78 is 0. The summed E-state index contributed by atoms with van der Waals surface area (Å²) in [5, 5.41) is 4.26. The van der Waals surface area contributed by atoms with Crippen LogP contribution in [0.4, 0.5) is 11.6 Å². The summed E-state index contributed by atoms with van der Waals surface area (Å²) in [4.78, 5) is 24.6. The first-order valence-corrected chi connectivity index (χ1v) is 11.2. The molecular weight excluding hydrogens is 400 g/mol. The van der Waals surface area contributed by atoms with E-state index in [1.165, 1.54) is 11.3 Å². The highest BCUT2D eigenvalue weighted by Crippen LogP contribution is 2.17. The van der Waals surface area contributed by atoms with Crippen molar-refractivity contribution in [3.8, 4) is 0 Å². The maximum atomic E-state index is 12.7. The Hall–Kier alpha value is -3.45. The first-order chi connectivity index (χ1) is 15.7. The van der Waals surface area contributed by atoms with E-state index in [9.17, 15) is 4.79 Å². The van der Waals surface area contributed by atoms with E-state index in [0.29, 0.717) is 12.5 Å². The molecule has 0 aliphatic carbocycles. The molecule has 32 heavy (non-hydrogen) atoms. The summed E-state index contributed by atoms with van der Waals surface area (Å²) in [6.45, 7) is 8.57. The number of hydrogen-bond donors (Lipinski definition) is 2. The molecule has 0 spiro atoms. The van der Waals surface area contributed by atoms with Crippen LogP contribution in [-0.2, 0) is 19.5 Å². The number of nitrogens with one attached hydrogen (secondary N) is 2. The Kier molecular flexibility index (Phi) is 6.97. The van der Waals surface area contributed by atoms with Crippen molar-refractivity contribution in [1.29, 1.82) is 0 Å². The zero-order valence-electron chi connectivity index (χ0n) is 18.7. The van der Waals surface area contributed by atoms with Crippen LogP contribution in [0.3, 0.4) is 0 Å². The lowest BCUT2D eigenvalue weighted by Gasteiger charge is -2.27. The fourth-order valence-corrected chi connectivity index (χ4v) is 4.04. The number of aromatic nitrogens is 2. The molecule has 0 saturated carbocycles. The predicted molar refractivity (Wildman–Crippen MR) is 130 cm³/mol. The molecule has 0 bridgehead atoms. The Labute approximate surface area is 188 Å². The summed E-state index contributed by atoms with van der Waals surface area (Å²) in [5.74, 6) is 0.376. The molecule has 2 N–H and O–H groups in total. The molecule has 4 rings (SSSR count). The molecule has 0 atom stereocenters. The first-order valence-electron chi connectivity index (χ1n) is 11.2. The molecule has 1 aromatic heterocycles. The van der Waals surface area contributed by atoms with Crippen molar-refractivity contribution in [2.45, 2.75) is 33.4 Å². The van der Waals surface area contributed by atoms with E-state index in [4.69, 9.17) is 0 Å². The number of hydrazone groups is 1. The van der Waals surface area contributed by atoms with Gasteiger partial charge in [0, 0.05) is 44.8 Å². The number of rotatable bonds is 8. The van der Waals surface area contributed by atoms with E-state index in [1.54, 1.807) is 6.21 Å². The smallest absolute Gasteiger partial charge is 0.257 e. The molecule has 0 saturated heterocycles. The van der Waals surface area contributed by atoms with Crippen LogP contribution in [0, 0.1) is 0 Å². The van der Waals surface area contributed by atoms with E-state index >= 15 is 0 Å². The average Bonchev–Trinajstić information content (AvgIpc) is 2.82. The molecule has 1 aliphatic heterocycles. The van der Waals surface area contributed by atoms with E-state index in [1.807, 2.05) is 30.3 Å². The zero-order chi connectivity index (χ0) is 22.3. The lowest BCUT2D eigenvalue weighted by molar-refractivity contribution is 0.242. The number of hydrogen-bond acceptors (Lipinski definition) is 6. The lowest BCUT2D eigenvalue weighted by atomic mass is 10.1. The van der Waals surface area contributed by atoms with Crippen molar-refractivity contribution in [2.24, 2.45) is 5.10 Å². The molecule has 7 nitrogen and oxygen atoms in total. The van der Waals surface area contributed by atoms with Gasteiger partial charge in [-0.3, -0.25) is 14.7 Å². The number of anilines is 2. The van der Waals surface area contributed by atoms with Crippen molar-refractivity contribution in [2.75, 3.05) is 30.0 Å². The van der Waals surface area contributed by atoms with Gasteiger partial charge in [0.05, 0.1) is 17.5 Å². The Morgan fingerprint density at radius 1 is 1.12 bits per heavy atom. The van der Waals surface area contributed by atoms with Crippen molar-refractivity contribution < 1.29 is 0 Å². The topological polar surface area (TPSA) is 76.6 Å². The fraction of sp³-hybridized carbons (Fsp3) is 0.320. The molecule has 0 radical (unpaired) electrons. The summed E-state index contributed by atoms with van der Waals surface area (Å²) in [5.41, 5.74) is 7.78. The molecule has 0 amide bonds. The normalized spacial score (nSPS) is 13.8. The lowest BCUT2D eigenvalue weighted by Crippen LogP contribution is -2.35. The van der Waals surface area contributed by atoms with Gasteiger partial charge in [-0.15, -0.1) is 0 Å². The third kappa shape index (κ3) is 5.23. The van der Waals surface area contributed by atoms with Gasteiger partial charge in [0.1, 0.15) is 0 Å². The minimum atomic E-state index is -0.103. The van der Waals surface area contributed by atoms with Gasteiger partial charge in [-0.1, -0.05) is 42.5 Å². The number of nitrogens with zero attached hydrogens (tertiary/aromatic N) is 4. The summed E-state index contributed by atoms with van der Waals surface area (Å²) >= 11 is 0. The van der Waals surface area contributed by atoms with Gasteiger partial charge in [0.25, 0.3) is 5.56 Å². The van der Waals surface area contributed by atoms with E-state index in [2.05, 4.69) is 68.4 Å². The molecule has 7 heteroatoms. The average molecular weight is 431 g/mol. The molecule has 2 aromatic carbocycles. The second-order valence-electron chi connectivity index (χ2n) is 7.92. The highest BCUT2D eigenvalue weighted by molar-refractivity contribution is 5.80. The molecule has 0 fully saturated rings. The molecule has 2 heterocycles. The Bertz CT molecular complexity index is 1100. The van der Waals surface area contributed by atoms with E-state index in [-0.39, 0.29) is 5.56 Å². The third-order valence-electron chi connectivity index (χ3n) is 5.80. The Balaban J connectivity index is 1.39. The highest BCUT2D eigenvalue weighted by Gasteiger charge is 2.21. The van der Waals surface area contributed by atoms with Gasteiger partial charge in [-0.2, -0.15) is 5.10 Å². The van der Waals surface area contributed by atoms with Crippen LogP contribution < -0.4 is 15.9 Å². The quantitative estimate of drug-likeness (QED) is 0.422. The van der Waals surface area contributed by atoms with Gasteiger partial charge in [0.15, 0.2) is 0 Å². The van der Waals surface area contributed by atoms with Crippen molar-refractivity contribution >= 4 is 17.9 Å². The summed E-state index contributed by atoms with van der Waals surface area (Å²) in [6, 6.07) is 18.6. The van der Waals surface area contributed by atoms with Crippen LogP contribution in [0.5, 0.6) is 0 Å². The Morgan fingerprint density at radius 3 is 2.59 bits per heavy atom. The van der Waals surface area contributed by atoms with Crippen LogP contribution in [-0.4, -0.2) is 40.7 Å². The minimum absolute atomic E-state index is 0.103. The van der Waals surface area contributed by atoms with Crippen LogP contribution in [0.2, 0.25) is 0 Å². The van der Waals surface area contributed by atoms with E-state index < -0.39 is 0 Å². The highest BCUT2D eigenvalue weighted by atomic mass is 16.1. The number of fused-ring (bicyclic) bond motifs is 1. The monoisotopic (exact) mass is 430 g/mol. The number of benzene rings is 2. The largest absolute Gasteiger partial charge is 0.372 e. The van der Waals surface area contributed by atoms with Crippen molar-refractivity contribution in [1.82, 2.24) is 14.9 Å². The van der Waals surface area contributed by atoms with Gasteiger partial charge >= 0.3 is 0 Å². The first kappa shape index (κ1) is 21.8. The SMILES string of the molecule is CCN(CC)c1ccc(/C=N\Nc2nc3c(c(=O)[nH]2)CN(Cc2ccccc2)CC3)cc1. The standard InChI is InChI=1S/C25H30N6O/c1-3-31(4-2)21-12-10-19(11-13-21)16-26-29-25-27-23-14-15-30(18-22(23)24(32)28-25)17-20-8-6-5-7-9-20/h5-13,16H,3-4,14-15,17-18H2,1-2H3,(H2,27,28,29,32)/b26-16-. The van der Waals surface area contributed by atoms with Crippen molar-refractivity contribution in [3.05, 3.63) is 87.3 Å². The number of H-pyrrole nitrogens is 1. The van der Waals surface area contributed by atoms with Gasteiger partial charge in [0.2, 0.25) is 5.95 Å². The predicted octanol–water partition coefficient (Wildman–Crippen LogP) is 3.62. The Morgan fingerprint density at radius 2 is 1.88 bits per heavy atom. The summed E-state index contributed by atoms with van der Waals surface area (Å²) in [6.07, 6.45) is 2.48. The van der Waals surface area contributed by atoms with Crippen LogP contribution in [0.25, 0.3) is 0 Å². The second-order valence-corrected chi connectivity index (χ2v) is 7.92. The molecule has 166 valence electrons. The second kappa shape index (κ2) is 10.2. The maximum Gasteiger partial charge on any atom is 0.257 e. The number of aromatic amines is 1. The fourth-order valence-electron chi connectivity index (χ4n) is 4.04. The van der Waals surface area contributed by atoms with Gasteiger partial charge in [-0.05, 0) is 37.1 Å². The van der Waals surface area contributed by atoms with Crippen LogP contribution in [0.1, 0.15) is 36.2 Å². The van der Waals surface area contributed by atoms with Crippen LogP contribution in [0.15, 0.2) is 64.5 Å². The molecule has 3 aromatic rings. The third-order valence-corrected chi connectivity index (χ3v) is 5.80. The molecule has 1 aliphatic rings. The van der Waals surface area contributed by atoms with Gasteiger partial charge < -0.3 is 4.90 Å². The van der Waals surface area contributed by atoms with E-state index in [0.717, 1.165) is 49.4 Å². The van der Waals surface area contributed by atoms with Crippen LogP contribution >= 0.6 is 0 Å².